The summed E-state index contributed by atoms with van der Waals surface area (Å²) in [5, 5.41) is 8.68. The zero-order chi connectivity index (χ0) is 11.3. The molecular formula is C10H13F2NO2. The molecule has 3 N–H and O–H groups in total. The van der Waals surface area contributed by atoms with Crippen molar-refractivity contribution in [1.82, 2.24) is 0 Å². The van der Waals surface area contributed by atoms with Gasteiger partial charge in [0, 0.05) is 12.6 Å². The molecule has 0 spiro atoms. The Morgan fingerprint density at radius 2 is 2.13 bits per heavy atom. The van der Waals surface area contributed by atoms with E-state index in [-0.39, 0.29) is 18.4 Å². The molecule has 0 saturated heterocycles. The maximum absolute atomic E-state index is 11.9. The Hall–Kier alpha value is -1.20. The third-order valence-corrected chi connectivity index (χ3v) is 1.95. The van der Waals surface area contributed by atoms with Crippen LogP contribution in [0.4, 0.5) is 8.78 Å². The SMILES string of the molecule is NC(CCO)c1cccc(OC(F)F)c1. The molecular weight excluding hydrogens is 204 g/mol. The van der Waals surface area contributed by atoms with Gasteiger partial charge in [-0.15, -0.1) is 0 Å². The summed E-state index contributed by atoms with van der Waals surface area (Å²) in [4.78, 5) is 0. The molecule has 0 bridgehead atoms. The maximum atomic E-state index is 11.9. The topological polar surface area (TPSA) is 55.5 Å². The van der Waals surface area contributed by atoms with Gasteiger partial charge in [-0.25, -0.2) is 0 Å². The highest BCUT2D eigenvalue weighted by molar-refractivity contribution is 5.30. The number of aliphatic hydroxyl groups is 1. The number of hydrogen-bond acceptors (Lipinski definition) is 3. The number of aliphatic hydroxyl groups excluding tert-OH is 1. The molecule has 0 radical (unpaired) electrons. The van der Waals surface area contributed by atoms with Gasteiger partial charge in [-0.1, -0.05) is 12.1 Å². The number of hydrogen-bond donors (Lipinski definition) is 2. The van der Waals surface area contributed by atoms with Crippen molar-refractivity contribution in [3.63, 3.8) is 0 Å². The van der Waals surface area contributed by atoms with Crippen molar-refractivity contribution in [3.05, 3.63) is 29.8 Å². The summed E-state index contributed by atoms with van der Waals surface area (Å²) in [7, 11) is 0. The van der Waals surface area contributed by atoms with Crippen molar-refractivity contribution in [1.29, 1.82) is 0 Å². The Balaban J connectivity index is 2.73. The lowest BCUT2D eigenvalue weighted by Gasteiger charge is -2.12. The molecule has 1 aromatic carbocycles. The molecule has 1 rings (SSSR count). The van der Waals surface area contributed by atoms with E-state index in [1.165, 1.54) is 12.1 Å². The fourth-order valence-corrected chi connectivity index (χ4v) is 1.23. The van der Waals surface area contributed by atoms with E-state index >= 15 is 0 Å². The van der Waals surface area contributed by atoms with Gasteiger partial charge in [-0.2, -0.15) is 8.78 Å². The smallest absolute Gasteiger partial charge is 0.387 e. The van der Waals surface area contributed by atoms with E-state index in [0.29, 0.717) is 12.0 Å². The molecule has 1 atom stereocenters. The van der Waals surface area contributed by atoms with Gasteiger partial charge >= 0.3 is 6.61 Å². The number of halogens is 2. The van der Waals surface area contributed by atoms with Crippen LogP contribution >= 0.6 is 0 Å². The van der Waals surface area contributed by atoms with Crippen molar-refractivity contribution in [2.45, 2.75) is 19.1 Å². The summed E-state index contributed by atoms with van der Waals surface area (Å²) in [6.45, 7) is -2.88. The molecule has 1 aromatic rings. The molecule has 5 heteroatoms. The van der Waals surface area contributed by atoms with Crippen LogP contribution in [0, 0.1) is 0 Å². The van der Waals surface area contributed by atoms with Crippen LogP contribution in [0.15, 0.2) is 24.3 Å². The van der Waals surface area contributed by atoms with Crippen LogP contribution in [-0.2, 0) is 0 Å². The number of benzene rings is 1. The van der Waals surface area contributed by atoms with Crippen LogP contribution in [-0.4, -0.2) is 18.3 Å². The molecule has 84 valence electrons. The number of ether oxygens (including phenoxy) is 1. The van der Waals surface area contributed by atoms with E-state index in [1.54, 1.807) is 12.1 Å². The van der Waals surface area contributed by atoms with Gasteiger partial charge in [0.05, 0.1) is 0 Å². The lowest BCUT2D eigenvalue weighted by Crippen LogP contribution is -2.12. The Bertz CT molecular complexity index is 307. The predicted octanol–water partition coefficient (Wildman–Crippen LogP) is 1.67. The molecule has 0 saturated carbocycles. The van der Waals surface area contributed by atoms with Crippen molar-refractivity contribution in [3.8, 4) is 5.75 Å². The fourth-order valence-electron chi connectivity index (χ4n) is 1.23. The zero-order valence-corrected chi connectivity index (χ0v) is 8.07. The van der Waals surface area contributed by atoms with Crippen molar-refractivity contribution >= 4 is 0 Å². The monoisotopic (exact) mass is 217 g/mol. The Labute approximate surface area is 86.5 Å². The minimum atomic E-state index is -2.84. The Kier molecular flexibility index (Phi) is 4.45. The normalized spacial score (nSPS) is 12.9. The van der Waals surface area contributed by atoms with E-state index in [0.717, 1.165) is 0 Å². The lowest BCUT2D eigenvalue weighted by molar-refractivity contribution is -0.0499. The molecule has 15 heavy (non-hydrogen) atoms. The lowest BCUT2D eigenvalue weighted by atomic mass is 10.1. The molecule has 0 heterocycles. The standard InChI is InChI=1S/C10H13F2NO2/c11-10(12)15-8-3-1-2-7(6-8)9(13)4-5-14/h1-3,6,9-10,14H,4-5,13H2. The van der Waals surface area contributed by atoms with E-state index in [1.807, 2.05) is 0 Å². The van der Waals surface area contributed by atoms with Crippen LogP contribution in [0.2, 0.25) is 0 Å². The van der Waals surface area contributed by atoms with Gasteiger partial charge in [0.2, 0.25) is 0 Å². The average Bonchev–Trinajstić information content (AvgIpc) is 2.17. The van der Waals surface area contributed by atoms with Gasteiger partial charge in [-0.05, 0) is 24.1 Å². The summed E-state index contributed by atoms with van der Waals surface area (Å²) < 4.78 is 28.0. The molecule has 0 aliphatic carbocycles. The minimum Gasteiger partial charge on any atom is -0.435 e. The second-order valence-corrected chi connectivity index (χ2v) is 3.07. The molecule has 0 amide bonds. The largest absolute Gasteiger partial charge is 0.435 e. The summed E-state index contributed by atoms with van der Waals surface area (Å²) in [6, 6.07) is 5.81. The fraction of sp³-hybridized carbons (Fsp3) is 0.400. The first-order valence-corrected chi connectivity index (χ1v) is 4.54. The van der Waals surface area contributed by atoms with E-state index in [4.69, 9.17) is 10.8 Å². The molecule has 0 aromatic heterocycles. The molecule has 0 aliphatic rings. The quantitative estimate of drug-likeness (QED) is 0.788. The van der Waals surface area contributed by atoms with Crippen LogP contribution < -0.4 is 10.5 Å². The summed E-state index contributed by atoms with van der Waals surface area (Å²) in [6.07, 6.45) is 0.387. The van der Waals surface area contributed by atoms with Crippen LogP contribution in [0.3, 0.4) is 0 Å². The van der Waals surface area contributed by atoms with E-state index < -0.39 is 6.61 Å². The summed E-state index contributed by atoms with van der Waals surface area (Å²) in [5.74, 6) is 0.0795. The zero-order valence-electron chi connectivity index (χ0n) is 8.07. The van der Waals surface area contributed by atoms with E-state index in [9.17, 15) is 8.78 Å². The summed E-state index contributed by atoms with van der Waals surface area (Å²) >= 11 is 0. The maximum Gasteiger partial charge on any atom is 0.387 e. The molecule has 0 fully saturated rings. The van der Waals surface area contributed by atoms with Gasteiger partial charge in [0.1, 0.15) is 5.75 Å². The second-order valence-electron chi connectivity index (χ2n) is 3.07. The van der Waals surface area contributed by atoms with Crippen LogP contribution in [0.5, 0.6) is 5.75 Å². The van der Waals surface area contributed by atoms with Crippen molar-refractivity contribution in [2.75, 3.05) is 6.61 Å². The first-order chi connectivity index (χ1) is 7.13. The predicted molar refractivity (Wildman–Crippen MR) is 51.7 cm³/mol. The van der Waals surface area contributed by atoms with Crippen molar-refractivity contribution in [2.24, 2.45) is 5.73 Å². The number of rotatable bonds is 5. The Morgan fingerprint density at radius 1 is 1.40 bits per heavy atom. The average molecular weight is 217 g/mol. The van der Waals surface area contributed by atoms with Crippen LogP contribution in [0.25, 0.3) is 0 Å². The third kappa shape index (κ3) is 3.81. The molecule has 1 unspecified atom stereocenters. The minimum absolute atomic E-state index is 0.0406. The van der Waals surface area contributed by atoms with Crippen molar-refractivity contribution < 1.29 is 18.6 Å². The highest BCUT2D eigenvalue weighted by Gasteiger charge is 2.08. The first kappa shape index (κ1) is 11.9. The van der Waals surface area contributed by atoms with Gasteiger partial charge in [0.25, 0.3) is 0 Å². The second kappa shape index (κ2) is 5.63. The van der Waals surface area contributed by atoms with Gasteiger partial charge in [-0.3, -0.25) is 0 Å². The van der Waals surface area contributed by atoms with Crippen LogP contribution in [0.1, 0.15) is 18.0 Å². The van der Waals surface area contributed by atoms with Gasteiger partial charge in [0.15, 0.2) is 0 Å². The molecule has 3 nitrogen and oxygen atoms in total. The van der Waals surface area contributed by atoms with E-state index in [2.05, 4.69) is 4.74 Å². The number of alkyl halides is 2. The summed E-state index contributed by atoms with van der Waals surface area (Å²) in [5.41, 5.74) is 6.37. The molecule has 0 aliphatic heterocycles. The third-order valence-electron chi connectivity index (χ3n) is 1.95. The highest BCUT2D eigenvalue weighted by atomic mass is 19.3. The number of nitrogens with two attached hydrogens (primary N) is 1. The Morgan fingerprint density at radius 3 is 2.73 bits per heavy atom. The first-order valence-electron chi connectivity index (χ1n) is 4.54. The highest BCUT2D eigenvalue weighted by Crippen LogP contribution is 2.20. The van der Waals surface area contributed by atoms with Gasteiger partial charge < -0.3 is 15.6 Å².